The summed E-state index contributed by atoms with van der Waals surface area (Å²) in [5.74, 6) is -0.0652. The average molecular weight is 497 g/mol. The Morgan fingerprint density at radius 1 is 1.20 bits per heavy atom. The van der Waals surface area contributed by atoms with Gasteiger partial charge in [0.25, 0.3) is 0 Å². The Bertz CT molecular complexity index is 1100. The highest BCUT2D eigenvalue weighted by Gasteiger charge is 2.36. The molecule has 3 amide bonds. The van der Waals surface area contributed by atoms with Gasteiger partial charge in [0.15, 0.2) is 0 Å². The minimum Gasteiger partial charge on any atom is -0.389 e. The molecule has 2 aromatic rings. The third kappa shape index (κ3) is 5.12. The number of likely N-dealkylation sites (tertiary alicyclic amines) is 1. The van der Waals surface area contributed by atoms with Crippen LogP contribution in [0.2, 0.25) is 0 Å². The van der Waals surface area contributed by atoms with Crippen LogP contribution in [0, 0.1) is 0 Å². The molecule has 2 saturated heterocycles. The number of rotatable bonds is 6. The van der Waals surface area contributed by atoms with Gasteiger partial charge in [-0.05, 0) is 48.4 Å². The number of aliphatic hydroxyl groups is 1. The molecule has 0 radical (unpaired) electrons. The standard InChI is InChI=1S/C26H32N4O4S/c1-35-24-7-3-2-5-17(24)21-6-4-10-30(21)25(32)14-28-26(33)27-13-16-8-9-19-18(11-16)23-12-20(29-19)22(31)15-34-23/h2-3,5,7-9,11,20-23,29,31H,4,6,10,12-15H2,1H3,(H2,27,28,33)/t20-,21+,22-,23-/m1/s1. The number of anilines is 1. The lowest BCUT2D eigenvalue weighted by Gasteiger charge is -2.40. The fourth-order valence-corrected chi connectivity index (χ4v) is 5.97. The number of urea groups is 1. The van der Waals surface area contributed by atoms with Crippen LogP contribution in [0.15, 0.2) is 47.4 Å². The summed E-state index contributed by atoms with van der Waals surface area (Å²) in [6.07, 6.45) is 4.13. The zero-order valence-electron chi connectivity index (χ0n) is 19.8. The zero-order chi connectivity index (χ0) is 24.4. The number of nitrogens with zero attached hydrogens (tertiary/aromatic N) is 1. The van der Waals surface area contributed by atoms with Crippen molar-refractivity contribution in [1.29, 1.82) is 0 Å². The number of nitrogens with one attached hydrogen (secondary N) is 3. The molecule has 35 heavy (non-hydrogen) atoms. The lowest BCUT2D eigenvalue weighted by atomic mass is 9.89. The maximum Gasteiger partial charge on any atom is 0.315 e. The first kappa shape index (κ1) is 24.0. The van der Waals surface area contributed by atoms with Gasteiger partial charge in [0.1, 0.15) is 0 Å². The molecule has 3 aliphatic rings. The maximum absolute atomic E-state index is 12.9. The molecule has 2 bridgehead atoms. The second-order valence-corrected chi connectivity index (χ2v) is 10.2. The van der Waals surface area contributed by atoms with Gasteiger partial charge in [-0.1, -0.05) is 24.3 Å². The number of amides is 3. The number of aliphatic hydroxyl groups excluding tert-OH is 1. The van der Waals surface area contributed by atoms with Crippen molar-refractivity contribution in [3.63, 3.8) is 0 Å². The number of ether oxygens (including phenoxy) is 1. The van der Waals surface area contributed by atoms with Gasteiger partial charge in [-0.15, -0.1) is 11.8 Å². The summed E-state index contributed by atoms with van der Waals surface area (Å²) in [5.41, 5.74) is 4.15. The maximum atomic E-state index is 12.9. The second kappa shape index (κ2) is 10.5. The van der Waals surface area contributed by atoms with Crippen LogP contribution in [0.1, 0.15) is 48.1 Å². The quantitative estimate of drug-likeness (QED) is 0.458. The first-order valence-corrected chi connectivity index (χ1v) is 13.4. The number of hydrogen-bond donors (Lipinski definition) is 4. The molecule has 186 valence electrons. The first-order valence-electron chi connectivity index (χ1n) is 12.2. The van der Waals surface area contributed by atoms with E-state index in [2.05, 4.69) is 28.1 Å². The topological polar surface area (TPSA) is 103 Å². The molecule has 0 saturated carbocycles. The third-order valence-electron chi connectivity index (χ3n) is 7.13. The van der Waals surface area contributed by atoms with Crippen molar-refractivity contribution in [2.75, 3.05) is 31.3 Å². The summed E-state index contributed by atoms with van der Waals surface area (Å²) < 4.78 is 5.80. The van der Waals surface area contributed by atoms with E-state index in [0.717, 1.165) is 36.1 Å². The molecule has 3 aliphatic heterocycles. The van der Waals surface area contributed by atoms with Crippen LogP contribution in [0.25, 0.3) is 0 Å². The second-order valence-electron chi connectivity index (χ2n) is 9.32. The Morgan fingerprint density at radius 2 is 2.06 bits per heavy atom. The highest BCUT2D eigenvalue weighted by molar-refractivity contribution is 7.98. The van der Waals surface area contributed by atoms with Crippen molar-refractivity contribution in [1.82, 2.24) is 15.5 Å². The number of fused-ring (bicyclic) bond motifs is 4. The van der Waals surface area contributed by atoms with Crippen molar-refractivity contribution in [2.45, 2.75) is 55.0 Å². The van der Waals surface area contributed by atoms with Crippen LogP contribution in [-0.4, -0.2) is 60.0 Å². The van der Waals surface area contributed by atoms with Gasteiger partial charge < -0.3 is 30.7 Å². The van der Waals surface area contributed by atoms with E-state index < -0.39 is 6.10 Å². The Hall–Kier alpha value is -2.75. The lowest BCUT2D eigenvalue weighted by molar-refractivity contribution is -0.131. The Kier molecular flexibility index (Phi) is 7.17. The Labute approximate surface area is 209 Å². The lowest BCUT2D eigenvalue weighted by Crippen LogP contribution is -2.46. The largest absolute Gasteiger partial charge is 0.389 e. The Balaban J connectivity index is 1.14. The molecular formula is C26H32N4O4S. The smallest absolute Gasteiger partial charge is 0.315 e. The number of benzene rings is 2. The van der Waals surface area contributed by atoms with E-state index >= 15 is 0 Å². The van der Waals surface area contributed by atoms with E-state index in [1.165, 1.54) is 10.5 Å². The number of thioether (sulfide) groups is 1. The van der Waals surface area contributed by atoms with Gasteiger partial charge in [-0.25, -0.2) is 4.79 Å². The van der Waals surface area contributed by atoms with Gasteiger partial charge in [0, 0.05) is 35.7 Å². The molecule has 3 heterocycles. The van der Waals surface area contributed by atoms with Gasteiger partial charge in [0.2, 0.25) is 5.91 Å². The van der Waals surface area contributed by atoms with Crippen LogP contribution in [0.4, 0.5) is 10.5 Å². The van der Waals surface area contributed by atoms with Crippen molar-refractivity contribution in [2.24, 2.45) is 0 Å². The van der Waals surface area contributed by atoms with E-state index in [4.69, 9.17) is 4.74 Å². The monoisotopic (exact) mass is 496 g/mol. The van der Waals surface area contributed by atoms with Crippen molar-refractivity contribution < 1.29 is 19.4 Å². The van der Waals surface area contributed by atoms with Gasteiger partial charge in [0.05, 0.1) is 37.4 Å². The zero-order valence-corrected chi connectivity index (χ0v) is 20.6. The van der Waals surface area contributed by atoms with E-state index in [1.807, 2.05) is 41.5 Å². The normalized spacial score (nSPS) is 24.9. The summed E-state index contributed by atoms with van der Waals surface area (Å²) >= 11 is 1.69. The summed E-state index contributed by atoms with van der Waals surface area (Å²) in [6.45, 7) is 1.35. The van der Waals surface area contributed by atoms with Gasteiger partial charge in [-0.3, -0.25) is 4.79 Å². The highest BCUT2D eigenvalue weighted by atomic mass is 32.2. The fourth-order valence-electron chi connectivity index (χ4n) is 5.31. The number of carbonyl (C=O) groups excluding carboxylic acids is 2. The molecule has 0 aliphatic carbocycles. The predicted octanol–water partition coefficient (Wildman–Crippen LogP) is 3.19. The van der Waals surface area contributed by atoms with E-state index in [9.17, 15) is 14.7 Å². The SMILES string of the molecule is CSc1ccccc1[C@@H]1CCCN1C(=O)CNC(=O)NCc1ccc2c(c1)[C@H]1C[C@@H](N2)[C@H](O)CO1. The number of carbonyl (C=O) groups is 2. The Morgan fingerprint density at radius 3 is 2.91 bits per heavy atom. The van der Waals surface area contributed by atoms with Crippen molar-refractivity contribution in [3.05, 3.63) is 59.2 Å². The molecule has 5 rings (SSSR count). The minimum atomic E-state index is -0.497. The molecule has 2 fully saturated rings. The molecule has 9 heteroatoms. The van der Waals surface area contributed by atoms with E-state index in [0.29, 0.717) is 19.7 Å². The van der Waals surface area contributed by atoms with E-state index in [1.54, 1.807) is 11.8 Å². The van der Waals surface area contributed by atoms with Crippen LogP contribution < -0.4 is 16.0 Å². The molecule has 0 aromatic heterocycles. The molecule has 8 nitrogen and oxygen atoms in total. The van der Waals surface area contributed by atoms with Crippen molar-refractivity contribution >= 4 is 29.4 Å². The highest BCUT2D eigenvalue weighted by Crippen LogP contribution is 2.39. The van der Waals surface area contributed by atoms with Gasteiger partial charge >= 0.3 is 6.03 Å². The van der Waals surface area contributed by atoms with Crippen LogP contribution >= 0.6 is 11.8 Å². The molecule has 0 unspecified atom stereocenters. The first-order chi connectivity index (χ1) is 17.0. The summed E-state index contributed by atoms with van der Waals surface area (Å²) in [7, 11) is 0. The minimum absolute atomic E-state index is 0.0120. The summed E-state index contributed by atoms with van der Waals surface area (Å²) in [6, 6.07) is 13.9. The average Bonchev–Trinajstić information content (AvgIpc) is 3.38. The molecular weight excluding hydrogens is 464 g/mol. The van der Waals surface area contributed by atoms with Crippen LogP contribution in [0.3, 0.4) is 0 Å². The summed E-state index contributed by atoms with van der Waals surface area (Å²) in [5, 5.41) is 19.0. The van der Waals surface area contributed by atoms with Crippen LogP contribution in [0.5, 0.6) is 0 Å². The predicted molar refractivity (Wildman–Crippen MR) is 135 cm³/mol. The number of hydrogen-bond acceptors (Lipinski definition) is 6. The van der Waals surface area contributed by atoms with Crippen molar-refractivity contribution in [3.8, 4) is 0 Å². The third-order valence-corrected chi connectivity index (χ3v) is 7.94. The molecule has 0 spiro atoms. The fraction of sp³-hybridized carbons (Fsp3) is 0.462. The summed E-state index contributed by atoms with van der Waals surface area (Å²) in [4.78, 5) is 28.4. The molecule has 2 aromatic carbocycles. The van der Waals surface area contributed by atoms with Crippen LogP contribution in [-0.2, 0) is 16.1 Å². The molecule has 4 N–H and O–H groups in total. The van der Waals surface area contributed by atoms with Gasteiger partial charge in [-0.2, -0.15) is 0 Å². The van der Waals surface area contributed by atoms with E-state index in [-0.39, 0.29) is 36.7 Å². The molecule has 4 atom stereocenters.